The summed E-state index contributed by atoms with van der Waals surface area (Å²) in [5.74, 6) is 5.11. The Morgan fingerprint density at radius 1 is 1.73 bits per heavy atom. The summed E-state index contributed by atoms with van der Waals surface area (Å²) in [5.41, 5.74) is 0. The molecule has 0 amide bonds. The first kappa shape index (κ1) is 10.6. The maximum atomic E-state index is 4.24. The Morgan fingerprint density at radius 2 is 2.45 bits per heavy atom. The van der Waals surface area contributed by atoms with Crippen LogP contribution in [-0.4, -0.2) is 44.3 Å². The van der Waals surface area contributed by atoms with E-state index >= 15 is 0 Å². The summed E-state index contributed by atoms with van der Waals surface area (Å²) in [5, 5.41) is 1.00. The van der Waals surface area contributed by atoms with Gasteiger partial charge in [0, 0.05) is 0 Å². The minimum atomic E-state index is 0.741. The average molecular weight is 273 g/mol. The standard InChI is InChI=1S/C7H14S3Se/c8-3-7(11)1-2-9-4-6-5-10-6/h6-8,11H,1-5H2. The van der Waals surface area contributed by atoms with Crippen molar-refractivity contribution in [3.8, 4) is 0 Å². The van der Waals surface area contributed by atoms with Crippen molar-refractivity contribution < 1.29 is 0 Å². The van der Waals surface area contributed by atoms with Crippen LogP contribution < -0.4 is 0 Å². The zero-order valence-electron chi connectivity index (χ0n) is 6.40. The quantitative estimate of drug-likeness (QED) is 0.339. The van der Waals surface area contributed by atoms with Crippen molar-refractivity contribution in [2.24, 2.45) is 0 Å². The summed E-state index contributed by atoms with van der Waals surface area (Å²) in [6.07, 6.45) is 1.31. The Kier molecular flexibility index (Phi) is 5.89. The monoisotopic (exact) mass is 274 g/mol. The summed E-state index contributed by atoms with van der Waals surface area (Å²) < 4.78 is 0. The molecule has 66 valence electrons. The Bertz CT molecular complexity index is 106. The minimum absolute atomic E-state index is 0.741. The number of rotatable bonds is 6. The summed E-state index contributed by atoms with van der Waals surface area (Å²) in [6.45, 7) is 0. The van der Waals surface area contributed by atoms with Gasteiger partial charge in [0.25, 0.3) is 0 Å². The van der Waals surface area contributed by atoms with Gasteiger partial charge in [0.05, 0.1) is 0 Å². The van der Waals surface area contributed by atoms with Gasteiger partial charge < -0.3 is 0 Å². The number of thioether (sulfide) groups is 2. The number of thiol groups is 1. The molecule has 0 aromatic heterocycles. The van der Waals surface area contributed by atoms with Gasteiger partial charge >= 0.3 is 91.7 Å². The van der Waals surface area contributed by atoms with E-state index in [1.54, 1.807) is 0 Å². The van der Waals surface area contributed by atoms with Crippen molar-refractivity contribution >= 4 is 52.2 Å². The Morgan fingerprint density at radius 3 is 3.00 bits per heavy atom. The van der Waals surface area contributed by atoms with Crippen molar-refractivity contribution in [1.82, 2.24) is 0 Å². The van der Waals surface area contributed by atoms with Crippen LogP contribution in [0.2, 0.25) is 4.82 Å². The molecule has 0 aliphatic carbocycles. The van der Waals surface area contributed by atoms with Gasteiger partial charge in [0.15, 0.2) is 0 Å². The topological polar surface area (TPSA) is 0 Å². The van der Waals surface area contributed by atoms with Gasteiger partial charge in [-0.1, -0.05) is 0 Å². The molecule has 1 heterocycles. The van der Waals surface area contributed by atoms with Crippen molar-refractivity contribution in [2.75, 3.05) is 23.0 Å². The zero-order valence-corrected chi connectivity index (χ0v) is 10.8. The third-order valence-electron chi connectivity index (χ3n) is 1.51. The van der Waals surface area contributed by atoms with E-state index in [0.29, 0.717) is 0 Å². The van der Waals surface area contributed by atoms with E-state index in [0.717, 1.165) is 15.8 Å². The van der Waals surface area contributed by atoms with Crippen LogP contribution in [0.25, 0.3) is 0 Å². The fourth-order valence-electron chi connectivity index (χ4n) is 0.690. The van der Waals surface area contributed by atoms with Crippen LogP contribution in [0.15, 0.2) is 0 Å². The molecule has 1 aliphatic heterocycles. The van der Waals surface area contributed by atoms with Crippen molar-refractivity contribution in [3.05, 3.63) is 0 Å². The maximum absolute atomic E-state index is 4.24. The first-order valence-corrected chi connectivity index (χ1v) is 7.73. The zero-order chi connectivity index (χ0) is 8.10. The van der Waals surface area contributed by atoms with Crippen LogP contribution >= 0.6 is 36.2 Å². The molecule has 0 bridgehead atoms. The van der Waals surface area contributed by atoms with Gasteiger partial charge in [-0.05, 0) is 0 Å². The Balaban J connectivity index is 1.79. The predicted molar refractivity (Wildman–Crippen MR) is 62.9 cm³/mol. The van der Waals surface area contributed by atoms with Crippen LogP contribution in [0.5, 0.6) is 0 Å². The van der Waals surface area contributed by atoms with Gasteiger partial charge in [0.2, 0.25) is 0 Å². The molecule has 0 spiro atoms. The van der Waals surface area contributed by atoms with E-state index < -0.39 is 0 Å². The summed E-state index contributed by atoms with van der Waals surface area (Å²) in [6, 6.07) is 0. The molecule has 0 nitrogen and oxygen atoms in total. The second-order valence-electron chi connectivity index (χ2n) is 2.66. The van der Waals surface area contributed by atoms with Crippen LogP contribution in [0.1, 0.15) is 6.42 Å². The van der Waals surface area contributed by atoms with Gasteiger partial charge in [-0.15, -0.1) is 0 Å². The molecule has 11 heavy (non-hydrogen) atoms. The molecule has 1 aliphatic rings. The van der Waals surface area contributed by atoms with E-state index in [4.69, 9.17) is 0 Å². The molecule has 1 saturated heterocycles. The van der Waals surface area contributed by atoms with Gasteiger partial charge in [-0.2, -0.15) is 0 Å². The van der Waals surface area contributed by atoms with E-state index in [1.165, 1.54) is 23.7 Å². The molecule has 2 unspecified atom stereocenters. The van der Waals surface area contributed by atoms with E-state index in [-0.39, 0.29) is 0 Å². The fourth-order valence-corrected chi connectivity index (χ4v) is 3.60. The molecule has 0 N–H and O–H groups in total. The molecule has 4 heteroatoms. The van der Waals surface area contributed by atoms with Gasteiger partial charge in [-0.25, -0.2) is 0 Å². The third kappa shape index (κ3) is 5.75. The first-order chi connectivity index (χ1) is 5.33. The van der Waals surface area contributed by atoms with Crippen LogP contribution in [-0.2, 0) is 0 Å². The SMILES string of the molecule is SCC([SeH])CCSCC1CS1. The van der Waals surface area contributed by atoms with Gasteiger partial charge in [0.1, 0.15) is 0 Å². The summed E-state index contributed by atoms with van der Waals surface area (Å²) >= 11 is 11.1. The van der Waals surface area contributed by atoms with E-state index in [1.807, 2.05) is 0 Å². The molecular formula is C7H14S3Se. The molecule has 1 fully saturated rings. The van der Waals surface area contributed by atoms with Gasteiger partial charge in [-0.3, -0.25) is 0 Å². The molecule has 0 aromatic rings. The van der Waals surface area contributed by atoms with E-state index in [9.17, 15) is 0 Å². The third-order valence-corrected chi connectivity index (χ3v) is 5.85. The molecule has 0 aromatic carbocycles. The van der Waals surface area contributed by atoms with Crippen molar-refractivity contribution in [1.29, 1.82) is 0 Å². The number of hydrogen-bond donors (Lipinski definition) is 1. The second-order valence-corrected chi connectivity index (χ2v) is 7.04. The van der Waals surface area contributed by atoms with Crippen molar-refractivity contribution in [3.63, 3.8) is 0 Å². The van der Waals surface area contributed by atoms with Crippen LogP contribution in [0, 0.1) is 0 Å². The molecule has 0 radical (unpaired) electrons. The molecule has 2 atom stereocenters. The normalized spacial score (nSPS) is 25.1. The van der Waals surface area contributed by atoms with E-state index in [2.05, 4.69) is 52.2 Å². The Hall–Kier alpha value is 1.57. The first-order valence-electron chi connectivity index (χ1n) is 3.81. The molecular weight excluding hydrogens is 259 g/mol. The molecule has 0 saturated carbocycles. The average Bonchev–Trinajstić information content (AvgIpc) is 2.81. The molecule has 1 rings (SSSR count). The van der Waals surface area contributed by atoms with Crippen LogP contribution in [0.4, 0.5) is 0 Å². The predicted octanol–water partition coefficient (Wildman–Crippen LogP) is 1.84. The Labute approximate surface area is 91.3 Å². The van der Waals surface area contributed by atoms with Crippen LogP contribution in [0.3, 0.4) is 0 Å². The van der Waals surface area contributed by atoms with Crippen molar-refractivity contribution in [2.45, 2.75) is 16.5 Å². The number of hydrogen-bond acceptors (Lipinski definition) is 3. The second kappa shape index (κ2) is 6.09. The summed E-state index contributed by atoms with van der Waals surface area (Å²) in [4.78, 5) is 0.741. The summed E-state index contributed by atoms with van der Waals surface area (Å²) in [7, 11) is 0. The fraction of sp³-hybridized carbons (Fsp3) is 1.00.